The molecule has 2 rings (SSSR count). The van der Waals surface area contributed by atoms with E-state index in [-0.39, 0.29) is 17.4 Å². The quantitative estimate of drug-likeness (QED) is 0.0897. The summed E-state index contributed by atoms with van der Waals surface area (Å²) in [6, 6.07) is 14.6. The normalized spacial score (nSPS) is 13.3. The molecule has 2 unspecified atom stereocenters. The first-order valence-electron chi connectivity index (χ1n) is 12.9. The lowest BCUT2D eigenvalue weighted by Crippen LogP contribution is -2.50. The van der Waals surface area contributed by atoms with Crippen molar-refractivity contribution < 1.29 is 23.9 Å². The number of unbranched alkanes of at least 4 members (excludes halogenated alkanes) is 5. The molecule has 0 heterocycles. The number of amides is 2. The number of alkyl halides is 2. The second-order valence-electron chi connectivity index (χ2n) is 8.96. The summed E-state index contributed by atoms with van der Waals surface area (Å²) in [6.45, 7) is 4.25. The van der Waals surface area contributed by atoms with Crippen molar-refractivity contribution in [2.45, 2.75) is 81.5 Å². The first-order valence-corrected chi connectivity index (χ1v) is 14.1. The maximum absolute atomic E-state index is 13.7. The number of nitrogens with zero attached hydrogens (tertiary/aromatic N) is 1. The number of rotatable bonds is 15. The summed E-state index contributed by atoms with van der Waals surface area (Å²) < 4.78 is 8.78. The van der Waals surface area contributed by atoms with Gasteiger partial charge >= 0.3 is 6.09 Å². The Morgan fingerprint density at radius 3 is 2.08 bits per heavy atom. The van der Waals surface area contributed by atoms with Gasteiger partial charge in [-0.3, -0.25) is 9.59 Å². The van der Waals surface area contributed by atoms with Crippen LogP contribution in [-0.2, 0) is 9.53 Å². The number of carbonyl (C=O) groups excluding carboxylic acids is 3. The SMILES string of the molecule is CCCCCCCC(CCCC)OC(=O)N(C(=O)C(Cl)(Br)C(=O)c1ccc(OC)cc1)c1ccccc1. The zero-order chi connectivity index (χ0) is 27.3. The number of hydrogen-bond donors (Lipinski definition) is 0. The van der Waals surface area contributed by atoms with E-state index in [0.717, 1.165) is 49.8 Å². The molecule has 0 radical (unpaired) electrons. The zero-order valence-corrected chi connectivity index (χ0v) is 24.2. The molecule has 2 aromatic rings. The van der Waals surface area contributed by atoms with Crippen LogP contribution in [0.3, 0.4) is 0 Å². The van der Waals surface area contributed by atoms with Gasteiger partial charge in [0.2, 0.25) is 9.57 Å². The van der Waals surface area contributed by atoms with Gasteiger partial charge in [-0.15, -0.1) is 0 Å². The number of ether oxygens (including phenoxy) is 2. The summed E-state index contributed by atoms with van der Waals surface area (Å²) in [5.74, 6) is -1.09. The lowest BCUT2D eigenvalue weighted by Gasteiger charge is -2.28. The van der Waals surface area contributed by atoms with Gasteiger partial charge in [0.25, 0.3) is 5.91 Å². The minimum absolute atomic E-state index is 0.190. The maximum atomic E-state index is 13.7. The van der Waals surface area contributed by atoms with Crippen LogP contribution in [0.25, 0.3) is 0 Å². The molecule has 0 aliphatic rings. The minimum Gasteiger partial charge on any atom is -0.497 e. The Hall–Kier alpha value is -2.38. The molecular formula is C29H37BrClNO5. The first-order chi connectivity index (χ1) is 17.8. The average Bonchev–Trinajstić information content (AvgIpc) is 2.91. The molecule has 2 aromatic carbocycles. The molecule has 8 heteroatoms. The minimum atomic E-state index is -2.21. The fourth-order valence-corrected chi connectivity index (χ4v) is 4.51. The Bertz CT molecular complexity index is 997. The summed E-state index contributed by atoms with van der Waals surface area (Å²) in [5, 5.41) is 0. The Morgan fingerprint density at radius 2 is 1.49 bits per heavy atom. The monoisotopic (exact) mass is 593 g/mol. The van der Waals surface area contributed by atoms with Gasteiger partial charge in [0.1, 0.15) is 11.9 Å². The topological polar surface area (TPSA) is 72.9 Å². The highest BCUT2D eigenvalue weighted by Crippen LogP contribution is 2.34. The molecule has 37 heavy (non-hydrogen) atoms. The third-order valence-electron chi connectivity index (χ3n) is 6.08. The molecule has 0 saturated carbocycles. The lowest BCUT2D eigenvalue weighted by atomic mass is 10.0. The van der Waals surface area contributed by atoms with E-state index in [9.17, 15) is 14.4 Å². The Morgan fingerprint density at radius 1 is 0.892 bits per heavy atom. The van der Waals surface area contributed by atoms with E-state index < -0.39 is 21.6 Å². The van der Waals surface area contributed by atoms with Crippen molar-refractivity contribution in [3.8, 4) is 5.75 Å². The maximum Gasteiger partial charge on any atom is 0.421 e. The van der Waals surface area contributed by atoms with Crippen molar-refractivity contribution in [2.75, 3.05) is 12.0 Å². The van der Waals surface area contributed by atoms with Gasteiger partial charge < -0.3 is 9.47 Å². The molecule has 0 aliphatic carbocycles. The number of halogens is 2. The molecule has 0 N–H and O–H groups in total. The molecule has 0 aliphatic heterocycles. The number of ketones is 1. The van der Waals surface area contributed by atoms with Crippen molar-refractivity contribution in [2.24, 2.45) is 0 Å². The Labute approximate surface area is 233 Å². The van der Waals surface area contributed by atoms with E-state index in [2.05, 4.69) is 29.8 Å². The van der Waals surface area contributed by atoms with Crippen molar-refractivity contribution in [3.63, 3.8) is 0 Å². The number of benzene rings is 2. The van der Waals surface area contributed by atoms with Crippen LogP contribution in [0, 0.1) is 0 Å². The van der Waals surface area contributed by atoms with E-state index in [1.54, 1.807) is 42.5 Å². The van der Waals surface area contributed by atoms with Crippen LogP contribution in [0.1, 0.15) is 82.0 Å². The van der Waals surface area contributed by atoms with E-state index in [1.807, 2.05) is 0 Å². The van der Waals surface area contributed by atoms with Crippen LogP contribution in [0.2, 0.25) is 0 Å². The number of para-hydroxylation sites is 1. The number of hydrogen-bond acceptors (Lipinski definition) is 5. The highest BCUT2D eigenvalue weighted by atomic mass is 79.9. The van der Waals surface area contributed by atoms with Gasteiger partial charge in [-0.1, -0.05) is 82.2 Å². The van der Waals surface area contributed by atoms with Crippen LogP contribution >= 0.6 is 27.5 Å². The third kappa shape index (κ3) is 9.15. The zero-order valence-electron chi connectivity index (χ0n) is 21.9. The van der Waals surface area contributed by atoms with Crippen molar-refractivity contribution in [1.29, 1.82) is 0 Å². The standard InChI is InChI=1S/C29H37BrClNO5/c1-4-6-8-9-13-17-25(16-7-5-2)37-28(35)32(23-14-11-10-12-15-23)27(34)29(30,31)26(33)22-18-20-24(36-3)21-19-22/h10-12,14-15,18-21,25H,4-9,13,16-17H2,1-3H3. The molecule has 0 spiro atoms. The largest absolute Gasteiger partial charge is 0.497 e. The van der Waals surface area contributed by atoms with E-state index in [1.165, 1.54) is 25.7 Å². The van der Waals surface area contributed by atoms with Crippen LogP contribution in [-0.4, -0.2) is 34.8 Å². The molecule has 202 valence electrons. The lowest BCUT2D eigenvalue weighted by molar-refractivity contribution is -0.117. The van der Waals surface area contributed by atoms with Crippen molar-refractivity contribution >= 4 is 51.0 Å². The number of imide groups is 1. The number of carbonyl (C=O) groups is 3. The fraction of sp³-hybridized carbons (Fsp3) is 0.483. The van der Waals surface area contributed by atoms with Crippen LogP contribution in [0.15, 0.2) is 54.6 Å². The molecule has 0 aromatic heterocycles. The fourth-order valence-electron chi connectivity index (χ4n) is 3.91. The van der Waals surface area contributed by atoms with E-state index in [0.29, 0.717) is 12.2 Å². The molecular weight excluding hydrogens is 558 g/mol. The third-order valence-corrected chi connectivity index (χ3v) is 7.12. The smallest absolute Gasteiger partial charge is 0.421 e. The average molecular weight is 595 g/mol. The molecule has 2 atom stereocenters. The van der Waals surface area contributed by atoms with Gasteiger partial charge in [0.15, 0.2) is 0 Å². The summed E-state index contributed by atoms with van der Waals surface area (Å²) in [4.78, 5) is 41.2. The highest BCUT2D eigenvalue weighted by molar-refractivity contribution is 9.11. The van der Waals surface area contributed by atoms with Gasteiger partial charge in [-0.25, -0.2) is 9.69 Å². The number of methoxy groups -OCH3 is 1. The van der Waals surface area contributed by atoms with Crippen molar-refractivity contribution in [3.05, 3.63) is 60.2 Å². The summed E-state index contributed by atoms with van der Waals surface area (Å²) >= 11 is 9.63. The van der Waals surface area contributed by atoms with Gasteiger partial charge in [-0.05, 0) is 71.6 Å². The molecule has 0 fully saturated rings. The van der Waals surface area contributed by atoms with Gasteiger partial charge in [0.05, 0.1) is 12.8 Å². The van der Waals surface area contributed by atoms with Crippen molar-refractivity contribution in [1.82, 2.24) is 0 Å². The Kier molecular flexibility index (Phi) is 13.1. The number of Topliss-reactive ketones (excluding diaryl/α,β-unsaturated/α-hetero) is 1. The first kappa shape index (κ1) is 30.8. The van der Waals surface area contributed by atoms with E-state index >= 15 is 0 Å². The molecule has 0 saturated heterocycles. The predicted octanol–water partition coefficient (Wildman–Crippen LogP) is 8.30. The summed E-state index contributed by atoms with van der Waals surface area (Å²) in [5.41, 5.74) is 0.456. The highest BCUT2D eigenvalue weighted by Gasteiger charge is 2.47. The van der Waals surface area contributed by atoms with Crippen LogP contribution < -0.4 is 9.64 Å². The predicted molar refractivity (Wildman–Crippen MR) is 152 cm³/mol. The second-order valence-corrected chi connectivity index (χ2v) is 11.2. The summed E-state index contributed by atoms with van der Waals surface area (Å²) in [6.07, 6.45) is 7.61. The Balaban J connectivity index is 2.28. The number of anilines is 1. The molecule has 0 bridgehead atoms. The second kappa shape index (κ2) is 15.8. The van der Waals surface area contributed by atoms with Crippen LogP contribution in [0.4, 0.5) is 10.5 Å². The summed E-state index contributed by atoms with van der Waals surface area (Å²) in [7, 11) is 1.51. The van der Waals surface area contributed by atoms with E-state index in [4.69, 9.17) is 21.1 Å². The molecule has 2 amide bonds. The molecule has 6 nitrogen and oxygen atoms in total. The van der Waals surface area contributed by atoms with Gasteiger partial charge in [-0.2, -0.15) is 0 Å². The van der Waals surface area contributed by atoms with Crippen LogP contribution in [0.5, 0.6) is 5.75 Å². The van der Waals surface area contributed by atoms with Gasteiger partial charge in [0, 0.05) is 5.56 Å².